The highest BCUT2D eigenvalue weighted by atomic mass is 16.4. The molecule has 18 heavy (non-hydrogen) atoms. The van der Waals surface area contributed by atoms with Crippen LogP contribution in [0.15, 0.2) is 0 Å². The highest BCUT2D eigenvalue weighted by Gasteiger charge is 2.20. The number of hydrogen-bond acceptors (Lipinski definition) is 2. The molecule has 5 nitrogen and oxygen atoms in total. The molecule has 1 atom stereocenters. The summed E-state index contributed by atoms with van der Waals surface area (Å²) in [5, 5.41) is 14.0. The van der Waals surface area contributed by atoms with Gasteiger partial charge in [-0.3, -0.25) is 4.79 Å². The maximum absolute atomic E-state index is 11.4. The predicted octanol–water partition coefficient (Wildman–Crippen LogP) is 2.22. The van der Waals surface area contributed by atoms with Gasteiger partial charge in [-0.25, -0.2) is 4.79 Å². The number of nitrogens with one attached hydrogen (secondary N) is 2. The number of amides is 2. The first-order chi connectivity index (χ1) is 8.23. The van der Waals surface area contributed by atoms with Crippen LogP contribution in [0, 0.1) is 11.3 Å². The Hall–Kier alpha value is -1.26. The lowest BCUT2D eigenvalue weighted by Gasteiger charge is -2.27. The van der Waals surface area contributed by atoms with E-state index in [2.05, 4.69) is 38.3 Å². The molecule has 0 heterocycles. The molecular weight excluding hydrogens is 232 g/mol. The Kier molecular flexibility index (Phi) is 7.39. The molecule has 0 radical (unpaired) electrons. The average Bonchev–Trinajstić information content (AvgIpc) is 2.23. The van der Waals surface area contributed by atoms with Crippen LogP contribution in [0.3, 0.4) is 0 Å². The van der Waals surface area contributed by atoms with Crippen molar-refractivity contribution >= 4 is 12.0 Å². The highest BCUT2D eigenvalue weighted by Crippen LogP contribution is 2.24. The van der Waals surface area contributed by atoms with Crippen LogP contribution >= 0.6 is 0 Å². The van der Waals surface area contributed by atoms with Crippen molar-refractivity contribution in [1.29, 1.82) is 0 Å². The molecule has 1 unspecified atom stereocenters. The average molecular weight is 258 g/mol. The monoisotopic (exact) mass is 258 g/mol. The zero-order valence-corrected chi connectivity index (χ0v) is 11.9. The summed E-state index contributed by atoms with van der Waals surface area (Å²) in [6.07, 6.45) is 1.44. The van der Waals surface area contributed by atoms with Crippen molar-refractivity contribution in [2.75, 3.05) is 13.1 Å². The number of carbonyl (C=O) groups is 2. The van der Waals surface area contributed by atoms with Crippen LogP contribution in [-0.2, 0) is 4.79 Å². The largest absolute Gasteiger partial charge is 0.481 e. The summed E-state index contributed by atoms with van der Waals surface area (Å²) >= 11 is 0. The molecule has 106 valence electrons. The molecule has 5 heteroatoms. The zero-order valence-electron chi connectivity index (χ0n) is 11.9. The third-order valence-electron chi connectivity index (χ3n) is 3.15. The Morgan fingerprint density at radius 1 is 1.17 bits per heavy atom. The molecular formula is C13H26N2O3. The molecule has 0 aliphatic heterocycles. The maximum atomic E-state index is 11.4. The fourth-order valence-corrected chi connectivity index (χ4v) is 1.22. The van der Waals surface area contributed by atoms with Gasteiger partial charge in [-0.1, -0.05) is 27.7 Å². The normalized spacial score (nSPS) is 12.9. The topological polar surface area (TPSA) is 78.4 Å². The Morgan fingerprint density at radius 3 is 2.28 bits per heavy atom. The van der Waals surface area contributed by atoms with Gasteiger partial charge < -0.3 is 15.7 Å². The van der Waals surface area contributed by atoms with E-state index in [0.717, 1.165) is 0 Å². The molecule has 0 aromatic heterocycles. The van der Waals surface area contributed by atoms with Crippen LogP contribution in [0.1, 0.15) is 47.0 Å². The number of aliphatic carboxylic acids is 1. The number of carboxylic acid groups (broad SMARTS) is 1. The number of unbranched alkanes of at least 4 members (excludes halogenated alkanes) is 1. The van der Waals surface area contributed by atoms with E-state index >= 15 is 0 Å². The minimum atomic E-state index is -0.793. The first kappa shape index (κ1) is 16.7. The second-order valence-electron chi connectivity index (χ2n) is 5.75. The minimum absolute atomic E-state index is 0.157. The molecule has 0 bridgehead atoms. The summed E-state index contributed by atoms with van der Waals surface area (Å²) in [7, 11) is 0. The molecule has 0 spiro atoms. The first-order valence-electron chi connectivity index (χ1n) is 6.47. The molecule has 3 N–H and O–H groups in total. The van der Waals surface area contributed by atoms with E-state index in [-0.39, 0.29) is 17.9 Å². The Labute approximate surface area is 109 Å². The van der Waals surface area contributed by atoms with Gasteiger partial charge in [0.15, 0.2) is 0 Å². The Morgan fingerprint density at radius 2 is 1.78 bits per heavy atom. The van der Waals surface area contributed by atoms with Crippen LogP contribution in [-0.4, -0.2) is 30.2 Å². The van der Waals surface area contributed by atoms with Gasteiger partial charge in [0.25, 0.3) is 0 Å². The van der Waals surface area contributed by atoms with Gasteiger partial charge in [0, 0.05) is 19.5 Å². The Bertz CT molecular complexity index is 272. The van der Waals surface area contributed by atoms with Crippen molar-refractivity contribution in [3.63, 3.8) is 0 Å². The van der Waals surface area contributed by atoms with Gasteiger partial charge in [-0.2, -0.15) is 0 Å². The fourth-order valence-electron chi connectivity index (χ4n) is 1.22. The quantitative estimate of drug-likeness (QED) is 0.613. The van der Waals surface area contributed by atoms with E-state index in [1.165, 1.54) is 0 Å². The molecule has 2 amide bonds. The molecule has 0 aliphatic rings. The summed E-state index contributed by atoms with van der Waals surface area (Å²) in [4.78, 5) is 21.7. The number of hydrogen-bond donors (Lipinski definition) is 3. The lowest BCUT2D eigenvalue weighted by atomic mass is 9.82. The highest BCUT2D eigenvalue weighted by molar-refractivity contribution is 5.73. The standard InChI is InChI=1S/C13H26N2O3/c1-10(13(2,3)4)9-15-12(18)14-8-6-5-7-11(16)17/h10H,5-9H2,1-4H3,(H,16,17)(H2,14,15,18). The van der Waals surface area contributed by atoms with Gasteiger partial charge in [0.05, 0.1) is 0 Å². The van der Waals surface area contributed by atoms with E-state index in [1.54, 1.807) is 0 Å². The van der Waals surface area contributed by atoms with Crippen molar-refractivity contribution in [2.24, 2.45) is 11.3 Å². The van der Waals surface area contributed by atoms with Crippen LogP contribution < -0.4 is 10.6 Å². The van der Waals surface area contributed by atoms with Gasteiger partial charge in [0.2, 0.25) is 0 Å². The summed E-state index contributed by atoms with van der Waals surface area (Å²) < 4.78 is 0. The lowest BCUT2D eigenvalue weighted by molar-refractivity contribution is -0.137. The van der Waals surface area contributed by atoms with E-state index in [1.807, 2.05) is 0 Å². The lowest BCUT2D eigenvalue weighted by Crippen LogP contribution is -2.40. The second kappa shape index (κ2) is 7.95. The van der Waals surface area contributed by atoms with Gasteiger partial charge in [-0.05, 0) is 24.2 Å². The molecule has 0 saturated heterocycles. The third kappa shape index (κ3) is 8.84. The molecule has 0 saturated carbocycles. The Balaban J connectivity index is 3.58. The number of carbonyl (C=O) groups excluding carboxylic acids is 1. The summed E-state index contributed by atoms with van der Waals surface area (Å²) in [6.45, 7) is 9.69. The first-order valence-corrected chi connectivity index (χ1v) is 6.47. The zero-order chi connectivity index (χ0) is 14.2. The van der Waals surface area contributed by atoms with Crippen molar-refractivity contribution < 1.29 is 14.7 Å². The van der Waals surface area contributed by atoms with Crippen molar-refractivity contribution in [2.45, 2.75) is 47.0 Å². The number of rotatable bonds is 7. The van der Waals surface area contributed by atoms with Gasteiger partial charge in [0.1, 0.15) is 0 Å². The third-order valence-corrected chi connectivity index (χ3v) is 3.15. The van der Waals surface area contributed by atoms with Crippen LogP contribution in [0.4, 0.5) is 4.79 Å². The second-order valence-corrected chi connectivity index (χ2v) is 5.75. The van der Waals surface area contributed by atoms with Crippen LogP contribution in [0.2, 0.25) is 0 Å². The van der Waals surface area contributed by atoms with Gasteiger partial charge in [-0.15, -0.1) is 0 Å². The van der Waals surface area contributed by atoms with Crippen molar-refractivity contribution in [1.82, 2.24) is 10.6 Å². The maximum Gasteiger partial charge on any atom is 0.314 e. The molecule has 0 aromatic rings. The summed E-state index contributed by atoms with van der Waals surface area (Å²) in [5.74, 6) is -0.395. The predicted molar refractivity (Wildman–Crippen MR) is 71.5 cm³/mol. The number of urea groups is 1. The van der Waals surface area contributed by atoms with Crippen molar-refractivity contribution in [3.05, 3.63) is 0 Å². The molecule has 0 aromatic carbocycles. The minimum Gasteiger partial charge on any atom is -0.481 e. The van der Waals surface area contributed by atoms with E-state index in [0.29, 0.717) is 31.8 Å². The molecule has 0 fully saturated rings. The van der Waals surface area contributed by atoms with E-state index in [4.69, 9.17) is 5.11 Å². The fraction of sp³-hybridized carbons (Fsp3) is 0.846. The number of carboxylic acids is 1. The SMILES string of the molecule is CC(CNC(=O)NCCCCC(=O)O)C(C)(C)C. The van der Waals surface area contributed by atoms with E-state index in [9.17, 15) is 9.59 Å². The van der Waals surface area contributed by atoms with Crippen LogP contribution in [0.5, 0.6) is 0 Å². The smallest absolute Gasteiger partial charge is 0.314 e. The van der Waals surface area contributed by atoms with Crippen molar-refractivity contribution in [3.8, 4) is 0 Å². The molecule has 0 aliphatic carbocycles. The van der Waals surface area contributed by atoms with Crippen LogP contribution in [0.25, 0.3) is 0 Å². The summed E-state index contributed by atoms with van der Waals surface area (Å²) in [5.41, 5.74) is 0.175. The van der Waals surface area contributed by atoms with Gasteiger partial charge >= 0.3 is 12.0 Å². The summed E-state index contributed by atoms with van der Waals surface area (Å²) in [6, 6.07) is -0.179. The molecule has 0 rings (SSSR count). The van der Waals surface area contributed by atoms with E-state index < -0.39 is 5.97 Å².